The fourth-order valence-corrected chi connectivity index (χ4v) is 3.02. The molecule has 4 aromatic carbocycles. The molecular formula is C25H17FN2O3. The van der Waals surface area contributed by atoms with Crippen molar-refractivity contribution in [3.8, 4) is 5.75 Å². The Labute approximate surface area is 177 Å². The van der Waals surface area contributed by atoms with Crippen LogP contribution in [0, 0.1) is 5.82 Å². The molecule has 0 radical (unpaired) electrons. The van der Waals surface area contributed by atoms with Crippen LogP contribution in [0.5, 0.6) is 5.75 Å². The molecule has 4 rings (SSSR count). The summed E-state index contributed by atoms with van der Waals surface area (Å²) in [6.45, 7) is 0. The van der Waals surface area contributed by atoms with Crippen molar-refractivity contribution in [1.82, 2.24) is 5.43 Å². The molecule has 6 heteroatoms. The van der Waals surface area contributed by atoms with E-state index in [0.29, 0.717) is 22.4 Å². The topological polar surface area (TPSA) is 67.8 Å². The van der Waals surface area contributed by atoms with Gasteiger partial charge in [0.1, 0.15) is 11.6 Å². The Bertz CT molecular complexity index is 1260. The molecule has 5 nitrogen and oxygen atoms in total. The molecule has 1 amide bonds. The summed E-state index contributed by atoms with van der Waals surface area (Å²) in [5.41, 5.74) is 3.87. The molecule has 0 saturated carbocycles. The molecule has 0 aliphatic heterocycles. The summed E-state index contributed by atoms with van der Waals surface area (Å²) < 4.78 is 18.4. The summed E-state index contributed by atoms with van der Waals surface area (Å²) in [6, 6.07) is 25.0. The van der Waals surface area contributed by atoms with E-state index in [4.69, 9.17) is 4.74 Å². The minimum absolute atomic E-state index is 0.300. The Balaban J connectivity index is 1.39. The molecule has 152 valence electrons. The van der Waals surface area contributed by atoms with Gasteiger partial charge in [0.2, 0.25) is 0 Å². The first-order valence-electron chi connectivity index (χ1n) is 9.49. The lowest BCUT2D eigenvalue weighted by Crippen LogP contribution is -2.17. The maximum atomic E-state index is 12.9. The lowest BCUT2D eigenvalue weighted by Gasteiger charge is -2.07. The van der Waals surface area contributed by atoms with Crippen LogP contribution in [0.2, 0.25) is 0 Å². The number of hydrogen-bond acceptors (Lipinski definition) is 4. The maximum Gasteiger partial charge on any atom is 0.344 e. The third-order valence-electron chi connectivity index (χ3n) is 4.59. The SMILES string of the molecule is O=C(N/N=C/c1ccc(OC(=O)c2cccc3ccccc23)cc1)c1ccc(F)cc1. The molecule has 1 N–H and O–H groups in total. The standard InChI is InChI=1S/C25H17FN2O3/c26-20-12-10-19(11-13-20)24(29)28-27-16-17-8-14-21(15-9-17)31-25(30)23-7-3-5-18-4-1-2-6-22(18)23/h1-16H,(H,28,29)/b27-16+. The molecule has 0 aliphatic rings. The average Bonchev–Trinajstić information content (AvgIpc) is 2.80. The molecular weight excluding hydrogens is 395 g/mol. The van der Waals surface area contributed by atoms with Crippen molar-refractivity contribution in [2.24, 2.45) is 5.10 Å². The molecule has 0 bridgehead atoms. The zero-order valence-electron chi connectivity index (χ0n) is 16.3. The van der Waals surface area contributed by atoms with Crippen LogP contribution in [0.1, 0.15) is 26.3 Å². The highest BCUT2D eigenvalue weighted by Crippen LogP contribution is 2.21. The summed E-state index contributed by atoms with van der Waals surface area (Å²) in [6.07, 6.45) is 1.46. The fourth-order valence-electron chi connectivity index (χ4n) is 3.02. The van der Waals surface area contributed by atoms with Crippen molar-refractivity contribution in [3.05, 3.63) is 114 Å². The molecule has 0 heterocycles. The molecule has 0 aliphatic carbocycles. The van der Waals surface area contributed by atoms with Gasteiger partial charge in [0.25, 0.3) is 5.91 Å². The smallest absolute Gasteiger partial charge is 0.344 e. The van der Waals surface area contributed by atoms with Gasteiger partial charge in [-0.15, -0.1) is 0 Å². The third-order valence-corrected chi connectivity index (χ3v) is 4.59. The van der Waals surface area contributed by atoms with Gasteiger partial charge in [-0.05, 0) is 70.9 Å². The Kier molecular flexibility index (Phi) is 5.80. The molecule has 31 heavy (non-hydrogen) atoms. The highest BCUT2D eigenvalue weighted by molar-refractivity contribution is 6.05. The number of rotatable bonds is 5. The normalized spacial score (nSPS) is 10.9. The molecule has 4 aromatic rings. The van der Waals surface area contributed by atoms with Crippen LogP contribution in [-0.2, 0) is 0 Å². The largest absolute Gasteiger partial charge is 0.423 e. The molecule has 0 atom stereocenters. The zero-order chi connectivity index (χ0) is 21.6. The van der Waals surface area contributed by atoms with Gasteiger partial charge in [-0.25, -0.2) is 14.6 Å². The minimum atomic E-state index is -0.447. The maximum absolute atomic E-state index is 12.9. The van der Waals surface area contributed by atoms with Gasteiger partial charge in [-0.1, -0.05) is 36.4 Å². The van der Waals surface area contributed by atoms with Crippen LogP contribution in [0.25, 0.3) is 10.8 Å². The number of nitrogens with one attached hydrogen (secondary N) is 1. The van der Waals surface area contributed by atoms with E-state index >= 15 is 0 Å². The van der Waals surface area contributed by atoms with Crippen LogP contribution in [0.3, 0.4) is 0 Å². The van der Waals surface area contributed by atoms with E-state index in [1.807, 2.05) is 36.4 Å². The first kappa shape index (κ1) is 20.0. The minimum Gasteiger partial charge on any atom is -0.423 e. The summed E-state index contributed by atoms with van der Waals surface area (Å²) in [5, 5.41) is 5.68. The number of carbonyl (C=O) groups is 2. The van der Waals surface area contributed by atoms with Gasteiger partial charge >= 0.3 is 5.97 Å². The third kappa shape index (κ3) is 4.82. The van der Waals surface area contributed by atoms with Crippen molar-refractivity contribution >= 4 is 28.9 Å². The van der Waals surface area contributed by atoms with E-state index in [2.05, 4.69) is 10.5 Å². The predicted octanol–water partition coefficient (Wildman–Crippen LogP) is 4.96. The molecule has 0 saturated heterocycles. The van der Waals surface area contributed by atoms with Crippen LogP contribution in [0.4, 0.5) is 4.39 Å². The van der Waals surface area contributed by atoms with Crippen molar-refractivity contribution in [2.45, 2.75) is 0 Å². The van der Waals surface area contributed by atoms with Crippen molar-refractivity contribution in [1.29, 1.82) is 0 Å². The van der Waals surface area contributed by atoms with Gasteiger partial charge in [-0.3, -0.25) is 4.79 Å². The lowest BCUT2D eigenvalue weighted by atomic mass is 10.0. The average molecular weight is 412 g/mol. The number of benzene rings is 4. The van der Waals surface area contributed by atoms with Crippen LogP contribution >= 0.6 is 0 Å². The van der Waals surface area contributed by atoms with Crippen LogP contribution in [-0.4, -0.2) is 18.1 Å². The highest BCUT2D eigenvalue weighted by atomic mass is 19.1. The van der Waals surface area contributed by atoms with E-state index in [9.17, 15) is 14.0 Å². The summed E-state index contributed by atoms with van der Waals surface area (Å²) in [4.78, 5) is 24.5. The number of amides is 1. The van der Waals surface area contributed by atoms with Crippen LogP contribution < -0.4 is 10.2 Å². The summed E-state index contributed by atoms with van der Waals surface area (Å²) in [5.74, 6) is -0.909. The second-order valence-electron chi connectivity index (χ2n) is 6.69. The van der Waals surface area contributed by atoms with Gasteiger partial charge < -0.3 is 4.74 Å². The van der Waals surface area contributed by atoms with Crippen molar-refractivity contribution in [3.63, 3.8) is 0 Å². The van der Waals surface area contributed by atoms with Gasteiger partial charge in [0.05, 0.1) is 11.8 Å². The van der Waals surface area contributed by atoms with Crippen molar-refractivity contribution in [2.75, 3.05) is 0 Å². The van der Waals surface area contributed by atoms with Gasteiger partial charge in [-0.2, -0.15) is 5.10 Å². The van der Waals surface area contributed by atoms with E-state index in [-0.39, 0.29) is 0 Å². The van der Waals surface area contributed by atoms with Gasteiger partial charge in [0.15, 0.2) is 0 Å². The number of nitrogens with zero attached hydrogens (tertiary/aromatic N) is 1. The molecule has 0 fully saturated rings. The number of hydrogen-bond donors (Lipinski definition) is 1. The first-order chi connectivity index (χ1) is 15.1. The highest BCUT2D eigenvalue weighted by Gasteiger charge is 2.12. The van der Waals surface area contributed by atoms with Crippen molar-refractivity contribution < 1.29 is 18.7 Å². The van der Waals surface area contributed by atoms with Crippen LogP contribution in [0.15, 0.2) is 96.1 Å². The monoisotopic (exact) mass is 412 g/mol. The quantitative estimate of drug-likeness (QED) is 0.218. The Morgan fingerprint density at radius 2 is 1.55 bits per heavy atom. The number of esters is 1. The van der Waals surface area contributed by atoms with Gasteiger partial charge in [0, 0.05) is 5.56 Å². The Morgan fingerprint density at radius 3 is 2.32 bits per heavy atom. The number of carbonyl (C=O) groups excluding carboxylic acids is 2. The van der Waals surface area contributed by atoms with E-state index in [1.54, 1.807) is 30.3 Å². The number of halogens is 1. The van der Waals surface area contributed by atoms with E-state index in [1.165, 1.54) is 30.5 Å². The summed E-state index contributed by atoms with van der Waals surface area (Å²) in [7, 11) is 0. The fraction of sp³-hybridized carbons (Fsp3) is 0. The number of fused-ring (bicyclic) bond motifs is 1. The molecule has 0 aromatic heterocycles. The van der Waals surface area contributed by atoms with E-state index < -0.39 is 17.7 Å². The molecule has 0 unspecified atom stereocenters. The predicted molar refractivity (Wildman–Crippen MR) is 117 cm³/mol. The summed E-state index contributed by atoms with van der Waals surface area (Å²) >= 11 is 0. The number of hydrazone groups is 1. The Hall–Kier alpha value is -4.32. The van der Waals surface area contributed by atoms with E-state index in [0.717, 1.165) is 10.8 Å². The second kappa shape index (κ2) is 9.00. The Morgan fingerprint density at radius 1 is 0.839 bits per heavy atom. The first-order valence-corrected chi connectivity index (χ1v) is 9.49. The number of ether oxygens (including phenoxy) is 1. The lowest BCUT2D eigenvalue weighted by molar-refractivity contribution is 0.0736. The zero-order valence-corrected chi connectivity index (χ0v) is 16.3. The second-order valence-corrected chi connectivity index (χ2v) is 6.69. The molecule has 0 spiro atoms.